The molecule has 0 aliphatic rings. The molecule has 0 atom stereocenters. The van der Waals surface area contributed by atoms with Gasteiger partial charge in [-0.2, -0.15) is 0 Å². The van der Waals surface area contributed by atoms with E-state index in [1.165, 1.54) is 19.3 Å². The summed E-state index contributed by atoms with van der Waals surface area (Å²) in [5.41, 5.74) is 0.696. The van der Waals surface area contributed by atoms with Crippen LogP contribution in [-0.4, -0.2) is 12.6 Å². The van der Waals surface area contributed by atoms with Crippen molar-refractivity contribution in [1.29, 1.82) is 0 Å². The molecule has 0 rings (SSSR count). The van der Waals surface area contributed by atoms with Crippen molar-refractivity contribution in [2.45, 2.75) is 59.4 Å². The first-order chi connectivity index (χ1) is 6.27. The van der Waals surface area contributed by atoms with Gasteiger partial charge >= 0.3 is 0 Å². The number of hydrogen-bond donors (Lipinski definition) is 1. The summed E-state index contributed by atoms with van der Waals surface area (Å²) in [6.07, 6.45) is 8.16. The quantitative estimate of drug-likeness (QED) is 0.662. The monoisotopic (exact) mass is 197 g/mol. The van der Waals surface area contributed by atoms with Crippen molar-refractivity contribution in [3.8, 4) is 0 Å². The van der Waals surface area contributed by atoms with Gasteiger partial charge in [-0.3, -0.25) is 0 Å². The van der Waals surface area contributed by atoms with Crippen molar-refractivity contribution in [3.63, 3.8) is 0 Å². The lowest BCUT2D eigenvalue weighted by atomic mass is 9.91. The fourth-order valence-corrected chi connectivity index (χ4v) is 1.12. The predicted molar refractivity (Wildman–Crippen MR) is 65.6 cm³/mol. The lowest BCUT2D eigenvalue weighted by Crippen LogP contribution is -2.35. The maximum atomic E-state index is 3.31. The molecule has 0 aromatic heterocycles. The van der Waals surface area contributed by atoms with Crippen LogP contribution in [-0.2, 0) is 0 Å². The zero-order valence-electron chi connectivity index (χ0n) is 10.8. The van der Waals surface area contributed by atoms with Gasteiger partial charge in [0.1, 0.15) is 0 Å². The number of nitrogens with one attached hydrogen (secondary N) is 1. The second kappa shape index (κ2) is 5.55. The Labute approximate surface area is 90.0 Å². The molecule has 0 saturated heterocycles. The molecule has 14 heavy (non-hydrogen) atoms. The zero-order chi connectivity index (χ0) is 11.2. The molecule has 0 bridgehead atoms. The molecular formula is C13H27N. The maximum Gasteiger partial charge on any atom is 0.0125 e. The molecule has 0 aromatic rings. The zero-order valence-corrected chi connectivity index (χ0v) is 10.8. The highest BCUT2D eigenvalue weighted by Gasteiger charge is 2.12. The Morgan fingerprint density at radius 3 is 2.00 bits per heavy atom. The number of allylic oxidation sites excluding steroid dienone is 2. The van der Waals surface area contributed by atoms with Crippen LogP contribution in [0.3, 0.4) is 0 Å². The standard InChI is InChI=1S/C13H27N/c1-12(2,3)10-8-7-9-11-13(4,5)14-6/h7-8,14H,9-11H2,1-6H3/b8-7-. The van der Waals surface area contributed by atoms with E-state index in [2.05, 4.69) is 52.1 Å². The Morgan fingerprint density at radius 2 is 1.57 bits per heavy atom. The third-order valence-electron chi connectivity index (χ3n) is 2.51. The van der Waals surface area contributed by atoms with E-state index in [1.54, 1.807) is 0 Å². The fourth-order valence-electron chi connectivity index (χ4n) is 1.12. The van der Waals surface area contributed by atoms with E-state index in [0.29, 0.717) is 5.41 Å². The van der Waals surface area contributed by atoms with E-state index >= 15 is 0 Å². The Balaban J connectivity index is 3.65. The van der Waals surface area contributed by atoms with Crippen LogP contribution < -0.4 is 5.32 Å². The van der Waals surface area contributed by atoms with E-state index in [9.17, 15) is 0 Å². The fraction of sp³-hybridized carbons (Fsp3) is 0.846. The molecule has 0 aliphatic heterocycles. The summed E-state index contributed by atoms with van der Waals surface area (Å²) in [5.74, 6) is 0. The van der Waals surface area contributed by atoms with E-state index in [4.69, 9.17) is 0 Å². The molecule has 0 amide bonds. The van der Waals surface area contributed by atoms with Crippen molar-refractivity contribution in [2.24, 2.45) is 5.41 Å². The Bertz CT molecular complexity index is 172. The van der Waals surface area contributed by atoms with Gasteiger partial charge in [0.05, 0.1) is 0 Å². The smallest absolute Gasteiger partial charge is 0.0125 e. The molecule has 0 aliphatic carbocycles. The van der Waals surface area contributed by atoms with Crippen molar-refractivity contribution in [3.05, 3.63) is 12.2 Å². The summed E-state index contributed by atoms with van der Waals surface area (Å²) < 4.78 is 0. The third kappa shape index (κ3) is 8.31. The first-order valence-corrected chi connectivity index (χ1v) is 5.61. The molecule has 1 heteroatoms. The molecule has 0 spiro atoms. The average molecular weight is 197 g/mol. The SMILES string of the molecule is CNC(C)(C)CC/C=C\CC(C)(C)C. The Hall–Kier alpha value is -0.300. The minimum atomic E-state index is 0.270. The van der Waals surface area contributed by atoms with Crippen LogP contribution >= 0.6 is 0 Å². The molecule has 0 saturated carbocycles. The van der Waals surface area contributed by atoms with Gasteiger partial charge in [-0.1, -0.05) is 32.9 Å². The van der Waals surface area contributed by atoms with Gasteiger partial charge in [-0.15, -0.1) is 0 Å². The molecule has 0 fully saturated rings. The second-order valence-electron chi connectivity index (χ2n) is 5.91. The molecular weight excluding hydrogens is 170 g/mol. The maximum absolute atomic E-state index is 3.31. The normalized spacial score (nSPS) is 13.9. The minimum Gasteiger partial charge on any atom is -0.315 e. The minimum absolute atomic E-state index is 0.270. The number of rotatable bonds is 5. The summed E-state index contributed by atoms with van der Waals surface area (Å²) in [7, 11) is 2.03. The second-order valence-corrected chi connectivity index (χ2v) is 5.91. The molecule has 1 nitrogen and oxygen atoms in total. The summed E-state index contributed by atoms with van der Waals surface area (Å²) in [6, 6.07) is 0. The van der Waals surface area contributed by atoms with Crippen LogP contribution in [0, 0.1) is 5.41 Å². The molecule has 0 radical (unpaired) electrons. The lowest BCUT2D eigenvalue weighted by molar-refractivity contribution is 0.395. The third-order valence-corrected chi connectivity index (χ3v) is 2.51. The van der Waals surface area contributed by atoms with Gasteiger partial charge in [-0.05, 0) is 45.6 Å². The Kier molecular flexibility index (Phi) is 5.43. The van der Waals surface area contributed by atoms with Crippen LogP contribution in [0.25, 0.3) is 0 Å². The van der Waals surface area contributed by atoms with E-state index in [1.807, 2.05) is 7.05 Å². The molecule has 0 heterocycles. The molecule has 0 aromatic carbocycles. The Morgan fingerprint density at radius 1 is 1.00 bits per heavy atom. The molecule has 0 unspecified atom stereocenters. The van der Waals surface area contributed by atoms with Crippen molar-refractivity contribution in [2.75, 3.05) is 7.05 Å². The van der Waals surface area contributed by atoms with Crippen molar-refractivity contribution in [1.82, 2.24) is 5.32 Å². The summed E-state index contributed by atoms with van der Waals surface area (Å²) >= 11 is 0. The van der Waals surface area contributed by atoms with E-state index in [-0.39, 0.29) is 5.54 Å². The van der Waals surface area contributed by atoms with E-state index < -0.39 is 0 Å². The topological polar surface area (TPSA) is 12.0 Å². The van der Waals surface area contributed by atoms with E-state index in [0.717, 1.165) is 0 Å². The highest BCUT2D eigenvalue weighted by molar-refractivity contribution is 4.88. The van der Waals surface area contributed by atoms with Crippen LogP contribution in [0.5, 0.6) is 0 Å². The first kappa shape index (κ1) is 13.7. The van der Waals surface area contributed by atoms with Gasteiger partial charge in [0, 0.05) is 5.54 Å². The lowest BCUT2D eigenvalue weighted by Gasteiger charge is -2.23. The van der Waals surface area contributed by atoms with Crippen LogP contribution in [0.4, 0.5) is 0 Å². The van der Waals surface area contributed by atoms with Crippen LogP contribution in [0.15, 0.2) is 12.2 Å². The van der Waals surface area contributed by atoms with Crippen LogP contribution in [0.2, 0.25) is 0 Å². The van der Waals surface area contributed by atoms with Gasteiger partial charge in [0.25, 0.3) is 0 Å². The summed E-state index contributed by atoms with van der Waals surface area (Å²) in [4.78, 5) is 0. The van der Waals surface area contributed by atoms with Crippen molar-refractivity contribution >= 4 is 0 Å². The summed E-state index contributed by atoms with van der Waals surface area (Å²) in [6.45, 7) is 11.3. The summed E-state index contributed by atoms with van der Waals surface area (Å²) in [5, 5.41) is 3.31. The highest BCUT2D eigenvalue weighted by Crippen LogP contribution is 2.19. The van der Waals surface area contributed by atoms with Crippen molar-refractivity contribution < 1.29 is 0 Å². The first-order valence-electron chi connectivity index (χ1n) is 5.61. The predicted octanol–water partition coefficient (Wildman–Crippen LogP) is 3.76. The van der Waals surface area contributed by atoms with Gasteiger partial charge in [0.2, 0.25) is 0 Å². The van der Waals surface area contributed by atoms with Gasteiger partial charge in [0.15, 0.2) is 0 Å². The van der Waals surface area contributed by atoms with Gasteiger partial charge in [-0.25, -0.2) is 0 Å². The van der Waals surface area contributed by atoms with Crippen LogP contribution in [0.1, 0.15) is 53.9 Å². The molecule has 1 N–H and O–H groups in total. The highest BCUT2D eigenvalue weighted by atomic mass is 14.9. The largest absolute Gasteiger partial charge is 0.315 e. The average Bonchev–Trinajstić information content (AvgIpc) is 2.01. The molecule has 84 valence electrons. The van der Waals surface area contributed by atoms with Gasteiger partial charge < -0.3 is 5.32 Å². The number of hydrogen-bond acceptors (Lipinski definition) is 1.